The Morgan fingerprint density at radius 1 is 1.67 bits per heavy atom. The van der Waals surface area contributed by atoms with Crippen molar-refractivity contribution in [1.29, 1.82) is 0 Å². The molecule has 54 valence electrons. The summed E-state index contributed by atoms with van der Waals surface area (Å²) >= 11 is 0. The van der Waals surface area contributed by atoms with E-state index >= 15 is 0 Å². The van der Waals surface area contributed by atoms with E-state index in [1.165, 1.54) is 0 Å². The third-order valence-electron chi connectivity index (χ3n) is 0.976. The van der Waals surface area contributed by atoms with E-state index in [0.29, 0.717) is 0 Å². The van der Waals surface area contributed by atoms with Gasteiger partial charge in [-0.15, -0.1) is 0 Å². The highest BCUT2D eigenvalue weighted by molar-refractivity contribution is 7.53. The molecule has 0 aliphatic carbocycles. The van der Waals surface area contributed by atoms with Crippen molar-refractivity contribution in [2.24, 2.45) is 0 Å². The molecule has 0 aromatic heterocycles. The lowest BCUT2D eigenvalue weighted by Crippen LogP contribution is -2.19. The highest BCUT2D eigenvalue weighted by Gasteiger charge is 2.36. The molecule has 1 unspecified atom stereocenters. The third kappa shape index (κ3) is 1.91. The fourth-order valence-electron chi connectivity index (χ4n) is 0.119. The van der Waals surface area contributed by atoms with E-state index in [1.807, 2.05) is 0 Å². The molecule has 4 nitrogen and oxygen atoms in total. The Morgan fingerprint density at radius 3 is 2.00 bits per heavy atom. The van der Waals surface area contributed by atoms with E-state index in [-0.39, 0.29) is 0 Å². The molecular formula is C4H9O4P. The smallest absolute Gasteiger partial charge is 0.360 e. The summed E-state index contributed by atoms with van der Waals surface area (Å²) in [6.07, 6.45) is 0.813. The predicted molar refractivity (Wildman–Crippen MR) is 32.9 cm³/mol. The molecule has 0 aromatic carbocycles. The molecule has 0 heterocycles. The van der Waals surface area contributed by atoms with Crippen LogP contribution in [0.15, 0.2) is 12.7 Å². The number of hydrogen-bond acceptors (Lipinski definition) is 2. The van der Waals surface area contributed by atoms with Gasteiger partial charge in [0.15, 0.2) is 5.34 Å². The van der Waals surface area contributed by atoms with Gasteiger partial charge in [-0.2, -0.15) is 0 Å². The summed E-state index contributed by atoms with van der Waals surface area (Å²) in [6, 6.07) is 0. The molecule has 0 fully saturated rings. The highest BCUT2D eigenvalue weighted by atomic mass is 31.2. The first-order valence-corrected chi connectivity index (χ1v) is 3.84. The van der Waals surface area contributed by atoms with Gasteiger partial charge in [-0.1, -0.05) is 6.58 Å². The van der Waals surface area contributed by atoms with Crippen LogP contribution in [0.25, 0.3) is 0 Å². The molecule has 0 rings (SSSR count). The average molecular weight is 152 g/mol. The molecule has 0 spiro atoms. The molecule has 3 N–H and O–H groups in total. The summed E-state index contributed by atoms with van der Waals surface area (Å²) in [5.41, 5.74) is 0. The first kappa shape index (κ1) is 8.85. The molecule has 0 radical (unpaired) electrons. The topological polar surface area (TPSA) is 77.8 Å². The molecule has 5 heteroatoms. The lowest BCUT2D eigenvalue weighted by molar-refractivity contribution is 0.153. The maximum atomic E-state index is 10.3. The van der Waals surface area contributed by atoms with E-state index < -0.39 is 12.9 Å². The zero-order valence-electron chi connectivity index (χ0n) is 4.98. The van der Waals surface area contributed by atoms with Gasteiger partial charge < -0.3 is 14.9 Å². The molecular weight excluding hydrogens is 143 g/mol. The molecule has 9 heavy (non-hydrogen) atoms. The molecule has 0 aliphatic heterocycles. The molecule has 0 amide bonds. The zero-order valence-corrected chi connectivity index (χ0v) is 5.88. The SMILES string of the molecule is C=CC(C)(O)P(=O)(O)O. The first-order valence-electron chi connectivity index (χ1n) is 2.23. The summed E-state index contributed by atoms with van der Waals surface area (Å²) in [6.45, 7) is 4.06. The predicted octanol–water partition coefficient (Wildman–Crippen LogP) is 0.0586. The summed E-state index contributed by atoms with van der Waals surface area (Å²) in [7, 11) is -4.43. The van der Waals surface area contributed by atoms with Crippen LogP contribution in [0, 0.1) is 0 Å². The van der Waals surface area contributed by atoms with Crippen LogP contribution < -0.4 is 0 Å². The second-order valence-corrected chi connectivity index (χ2v) is 3.84. The van der Waals surface area contributed by atoms with Crippen LogP contribution in [-0.2, 0) is 4.57 Å². The molecule has 0 aromatic rings. The number of aliphatic hydroxyl groups is 1. The fourth-order valence-corrected chi connectivity index (χ4v) is 0.357. The Hall–Kier alpha value is -0.150. The van der Waals surface area contributed by atoms with Crippen LogP contribution in [0.4, 0.5) is 0 Å². The Morgan fingerprint density at radius 2 is 2.00 bits per heavy atom. The molecule has 0 aliphatic rings. The quantitative estimate of drug-likeness (QED) is 0.386. The minimum atomic E-state index is -4.43. The van der Waals surface area contributed by atoms with Crippen LogP contribution in [0.2, 0.25) is 0 Å². The van der Waals surface area contributed by atoms with Gasteiger partial charge in [-0.05, 0) is 13.0 Å². The zero-order chi connectivity index (χ0) is 7.71. The van der Waals surface area contributed by atoms with E-state index in [1.54, 1.807) is 0 Å². The van der Waals surface area contributed by atoms with E-state index in [9.17, 15) is 4.57 Å². The van der Waals surface area contributed by atoms with Gasteiger partial charge in [0.1, 0.15) is 0 Å². The molecule has 0 saturated heterocycles. The summed E-state index contributed by atoms with van der Waals surface area (Å²) in [5.74, 6) is 0. The Balaban J connectivity index is 4.54. The molecule has 0 bridgehead atoms. The highest BCUT2D eigenvalue weighted by Crippen LogP contribution is 2.48. The van der Waals surface area contributed by atoms with Gasteiger partial charge in [0.2, 0.25) is 0 Å². The third-order valence-corrected chi connectivity index (χ3v) is 2.34. The van der Waals surface area contributed by atoms with E-state index in [0.717, 1.165) is 13.0 Å². The number of hydrogen-bond donors (Lipinski definition) is 3. The van der Waals surface area contributed by atoms with Crippen LogP contribution in [-0.4, -0.2) is 20.2 Å². The van der Waals surface area contributed by atoms with Gasteiger partial charge in [-0.25, -0.2) is 0 Å². The first-order chi connectivity index (χ1) is 3.81. The number of rotatable bonds is 2. The van der Waals surface area contributed by atoms with Gasteiger partial charge in [-0.3, -0.25) is 4.57 Å². The van der Waals surface area contributed by atoms with Gasteiger partial charge in [0.05, 0.1) is 0 Å². The van der Waals surface area contributed by atoms with Crippen molar-refractivity contribution in [2.75, 3.05) is 0 Å². The van der Waals surface area contributed by atoms with Gasteiger partial charge in [0, 0.05) is 0 Å². The summed E-state index contributed by atoms with van der Waals surface area (Å²) in [4.78, 5) is 16.7. The van der Waals surface area contributed by atoms with Crippen molar-refractivity contribution in [3.05, 3.63) is 12.7 Å². The normalized spacial score (nSPS) is 18.7. The van der Waals surface area contributed by atoms with Crippen molar-refractivity contribution < 1.29 is 19.5 Å². The van der Waals surface area contributed by atoms with E-state index in [4.69, 9.17) is 14.9 Å². The maximum absolute atomic E-state index is 10.3. The lowest BCUT2D eigenvalue weighted by atomic mass is 10.4. The van der Waals surface area contributed by atoms with E-state index in [2.05, 4.69) is 6.58 Å². The second kappa shape index (κ2) is 2.23. The summed E-state index contributed by atoms with van der Waals surface area (Å²) in [5, 5.41) is 6.69. The second-order valence-electron chi connectivity index (χ2n) is 1.84. The largest absolute Gasteiger partial charge is 0.374 e. The van der Waals surface area contributed by atoms with Crippen molar-refractivity contribution in [3.63, 3.8) is 0 Å². The Kier molecular flexibility index (Phi) is 2.19. The minimum Gasteiger partial charge on any atom is -0.374 e. The lowest BCUT2D eigenvalue weighted by Gasteiger charge is -2.18. The van der Waals surface area contributed by atoms with Crippen LogP contribution in [0.5, 0.6) is 0 Å². The molecule has 1 atom stereocenters. The van der Waals surface area contributed by atoms with Crippen molar-refractivity contribution in [2.45, 2.75) is 12.3 Å². The molecule has 0 saturated carbocycles. The maximum Gasteiger partial charge on any atom is 0.360 e. The van der Waals surface area contributed by atoms with Crippen molar-refractivity contribution >= 4 is 7.60 Å². The van der Waals surface area contributed by atoms with Gasteiger partial charge >= 0.3 is 7.60 Å². The Bertz CT molecular complexity index is 156. The Labute approximate surface area is 53.0 Å². The van der Waals surface area contributed by atoms with Crippen LogP contribution >= 0.6 is 7.60 Å². The minimum absolute atomic E-state index is 0.813. The van der Waals surface area contributed by atoms with Crippen LogP contribution in [0.1, 0.15) is 6.92 Å². The standard InChI is InChI=1S/C4H9O4P/c1-3-4(2,5)9(6,7)8/h3,5H,1H2,2H3,(H2,6,7,8). The van der Waals surface area contributed by atoms with Gasteiger partial charge in [0.25, 0.3) is 0 Å². The monoisotopic (exact) mass is 152 g/mol. The fraction of sp³-hybridized carbons (Fsp3) is 0.500. The van der Waals surface area contributed by atoms with Crippen molar-refractivity contribution in [3.8, 4) is 0 Å². The van der Waals surface area contributed by atoms with Crippen LogP contribution in [0.3, 0.4) is 0 Å². The average Bonchev–Trinajstić information content (AvgIpc) is 1.64. The van der Waals surface area contributed by atoms with Crippen molar-refractivity contribution in [1.82, 2.24) is 0 Å². The summed E-state index contributed by atoms with van der Waals surface area (Å²) < 4.78 is 10.3.